The molecule has 154 valence electrons. The van der Waals surface area contributed by atoms with Crippen LogP contribution in [0, 0.1) is 34.0 Å². The molecule has 5 atom stereocenters. The fraction of sp³-hybridized carbons (Fsp3) is 0.880. The van der Waals surface area contributed by atoms with Gasteiger partial charge < -0.3 is 9.47 Å². The minimum absolute atomic E-state index is 0.0761. The van der Waals surface area contributed by atoms with Gasteiger partial charge in [-0.25, -0.2) is 0 Å². The lowest BCUT2D eigenvalue weighted by Gasteiger charge is -2.60. The second kappa shape index (κ2) is 5.72. The van der Waals surface area contributed by atoms with Gasteiger partial charge in [0.1, 0.15) is 5.78 Å². The minimum Gasteiger partial charge on any atom is -0.347 e. The predicted molar refractivity (Wildman–Crippen MR) is 108 cm³/mol. The number of hydrogen-bond donors (Lipinski definition) is 0. The summed E-state index contributed by atoms with van der Waals surface area (Å²) in [5.74, 6) is 2.46. The maximum Gasteiger partial charge on any atom is 0.174 e. The van der Waals surface area contributed by atoms with Crippen molar-refractivity contribution in [1.82, 2.24) is 0 Å². The van der Waals surface area contributed by atoms with E-state index in [1.807, 2.05) is 0 Å². The number of allylic oxidation sites excluding steroid dienone is 2. The number of Topliss-reactive ketones (excluding diaryl/α,β-unsaturated/α-hetero) is 1. The van der Waals surface area contributed by atoms with Crippen molar-refractivity contribution in [2.24, 2.45) is 34.0 Å². The molecule has 1 aliphatic heterocycles. The van der Waals surface area contributed by atoms with Crippen molar-refractivity contribution in [1.29, 1.82) is 0 Å². The molecule has 0 unspecified atom stereocenters. The summed E-state index contributed by atoms with van der Waals surface area (Å²) in [6.07, 6.45) is 15.2. The molecule has 4 saturated carbocycles. The number of hydrogen-bond acceptors (Lipinski definition) is 3. The van der Waals surface area contributed by atoms with Gasteiger partial charge in [-0.2, -0.15) is 0 Å². The van der Waals surface area contributed by atoms with Crippen LogP contribution in [0.5, 0.6) is 0 Å². The Balaban J connectivity index is 1.39. The lowest BCUT2D eigenvalue weighted by Crippen LogP contribution is -2.57. The van der Waals surface area contributed by atoms with Crippen molar-refractivity contribution in [2.75, 3.05) is 13.2 Å². The molecule has 5 fully saturated rings. The van der Waals surface area contributed by atoms with E-state index < -0.39 is 0 Å². The highest BCUT2D eigenvalue weighted by atomic mass is 16.7. The first-order valence-electron chi connectivity index (χ1n) is 12.0. The van der Waals surface area contributed by atoms with E-state index in [1.165, 1.54) is 38.5 Å². The highest BCUT2D eigenvalue weighted by Gasteiger charge is 2.68. The number of carbonyl (C=O) groups is 1. The van der Waals surface area contributed by atoms with E-state index in [0.29, 0.717) is 11.7 Å². The smallest absolute Gasteiger partial charge is 0.174 e. The summed E-state index contributed by atoms with van der Waals surface area (Å²) in [4.78, 5) is 13.1. The van der Waals surface area contributed by atoms with Crippen molar-refractivity contribution < 1.29 is 14.3 Å². The van der Waals surface area contributed by atoms with Crippen LogP contribution in [0.25, 0.3) is 0 Å². The summed E-state index contributed by atoms with van der Waals surface area (Å²) >= 11 is 0. The molecule has 0 aromatic rings. The third kappa shape index (κ3) is 1.97. The summed E-state index contributed by atoms with van der Waals surface area (Å²) < 4.78 is 12.6. The molecular formula is C25H36O3. The van der Waals surface area contributed by atoms with Crippen LogP contribution in [0.1, 0.15) is 84.5 Å². The van der Waals surface area contributed by atoms with Crippen molar-refractivity contribution in [3.05, 3.63) is 11.6 Å². The number of rotatable bonds is 0. The molecule has 0 radical (unpaired) electrons. The molecule has 0 aromatic carbocycles. The fourth-order valence-electron chi connectivity index (χ4n) is 9.33. The van der Waals surface area contributed by atoms with E-state index in [1.54, 1.807) is 5.57 Å². The van der Waals surface area contributed by atoms with Gasteiger partial charge in [-0.15, -0.1) is 0 Å². The van der Waals surface area contributed by atoms with Gasteiger partial charge in [0.15, 0.2) is 5.79 Å². The highest BCUT2D eigenvalue weighted by molar-refractivity contribution is 5.90. The topological polar surface area (TPSA) is 35.5 Å². The largest absolute Gasteiger partial charge is 0.347 e. The molecule has 6 rings (SSSR count). The molecule has 2 spiro atoms. The van der Waals surface area contributed by atoms with E-state index in [4.69, 9.17) is 9.47 Å². The lowest BCUT2D eigenvalue weighted by molar-refractivity contribution is -0.242. The second-order valence-corrected chi connectivity index (χ2v) is 11.3. The quantitative estimate of drug-likeness (QED) is 0.522. The van der Waals surface area contributed by atoms with Crippen LogP contribution >= 0.6 is 0 Å². The third-order valence-electron chi connectivity index (χ3n) is 10.6. The molecule has 0 bridgehead atoms. The standard InChI is InChI=1S/C25H36O3/c1-22-12-9-21(26)24(10-3-4-11-24)20(22)6-5-17-18(22)7-13-23(2)19(17)8-14-25(23)27-15-16-28-25/h6,17-19H,3-5,7-16H2,1-2H3/t17-,18+,19+,22-,23+/m1/s1. The summed E-state index contributed by atoms with van der Waals surface area (Å²) in [6.45, 7) is 6.54. The van der Waals surface area contributed by atoms with Crippen molar-refractivity contribution in [3.63, 3.8) is 0 Å². The Bertz CT molecular complexity index is 726. The van der Waals surface area contributed by atoms with E-state index >= 15 is 0 Å². The molecule has 1 saturated heterocycles. The van der Waals surface area contributed by atoms with E-state index in [0.717, 1.165) is 57.2 Å². The van der Waals surface area contributed by atoms with Gasteiger partial charge in [0.2, 0.25) is 0 Å². The molecular weight excluding hydrogens is 348 g/mol. The first kappa shape index (κ1) is 18.1. The Morgan fingerprint density at radius 2 is 1.64 bits per heavy atom. The lowest BCUT2D eigenvalue weighted by atomic mass is 9.44. The van der Waals surface area contributed by atoms with Crippen molar-refractivity contribution in [2.45, 2.75) is 90.3 Å². The van der Waals surface area contributed by atoms with Crippen molar-refractivity contribution >= 4 is 5.78 Å². The van der Waals surface area contributed by atoms with Crippen LogP contribution in [0.3, 0.4) is 0 Å². The van der Waals surface area contributed by atoms with Gasteiger partial charge in [0.05, 0.1) is 18.6 Å². The predicted octanol–water partition coefficient (Wildman–Crippen LogP) is 5.43. The first-order valence-corrected chi connectivity index (χ1v) is 12.0. The maximum atomic E-state index is 13.1. The Kier molecular flexibility index (Phi) is 3.71. The zero-order valence-electron chi connectivity index (χ0n) is 17.7. The van der Waals surface area contributed by atoms with Gasteiger partial charge in [-0.1, -0.05) is 38.3 Å². The van der Waals surface area contributed by atoms with Gasteiger partial charge in [-0.3, -0.25) is 4.79 Å². The molecule has 1 heterocycles. The molecule has 6 aliphatic rings. The number of ether oxygens (including phenoxy) is 2. The van der Waals surface area contributed by atoms with Gasteiger partial charge >= 0.3 is 0 Å². The normalized spacial score (nSPS) is 48.4. The molecule has 28 heavy (non-hydrogen) atoms. The molecule has 0 N–H and O–H groups in total. The third-order valence-corrected chi connectivity index (χ3v) is 10.6. The molecule has 3 nitrogen and oxygen atoms in total. The summed E-state index contributed by atoms with van der Waals surface area (Å²) in [7, 11) is 0. The summed E-state index contributed by atoms with van der Waals surface area (Å²) in [6, 6.07) is 0. The average Bonchev–Trinajstić information content (AvgIpc) is 3.41. The van der Waals surface area contributed by atoms with Gasteiger partial charge in [0, 0.05) is 18.3 Å². The number of carbonyl (C=O) groups excluding carboxylic acids is 1. The maximum absolute atomic E-state index is 13.1. The first-order chi connectivity index (χ1) is 13.5. The van der Waals surface area contributed by atoms with Crippen LogP contribution in [0.15, 0.2) is 11.6 Å². The Morgan fingerprint density at radius 3 is 2.39 bits per heavy atom. The van der Waals surface area contributed by atoms with Crippen molar-refractivity contribution in [3.8, 4) is 0 Å². The fourth-order valence-corrected chi connectivity index (χ4v) is 9.33. The molecule has 3 heteroatoms. The summed E-state index contributed by atoms with van der Waals surface area (Å²) in [5, 5.41) is 0. The van der Waals surface area contributed by atoms with Gasteiger partial charge in [0.25, 0.3) is 0 Å². The van der Waals surface area contributed by atoms with E-state index in [2.05, 4.69) is 19.9 Å². The Hall–Kier alpha value is -0.670. The molecule has 0 aromatic heterocycles. The Morgan fingerprint density at radius 1 is 0.929 bits per heavy atom. The van der Waals surface area contributed by atoms with E-state index in [-0.39, 0.29) is 22.0 Å². The zero-order valence-corrected chi connectivity index (χ0v) is 17.7. The monoisotopic (exact) mass is 384 g/mol. The molecule has 5 aliphatic carbocycles. The number of fused-ring (bicyclic) bond motifs is 7. The molecule has 0 amide bonds. The van der Waals surface area contributed by atoms with Crippen LogP contribution < -0.4 is 0 Å². The second-order valence-electron chi connectivity index (χ2n) is 11.3. The van der Waals surface area contributed by atoms with Crippen LogP contribution in [0.4, 0.5) is 0 Å². The van der Waals surface area contributed by atoms with Crippen LogP contribution in [0.2, 0.25) is 0 Å². The Labute approximate surface area is 169 Å². The van der Waals surface area contributed by atoms with Crippen LogP contribution in [-0.4, -0.2) is 24.8 Å². The summed E-state index contributed by atoms with van der Waals surface area (Å²) in [5.41, 5.74) is 1.92. The van der Waals surface area contributed by atoms with Gasteiger partial charge in [-0.05, 0) is 68.1 Å². The zero-order chi connectivity index (χ0) is 19.2. The average molecular weight is 385 g/mol. The SMILES string of the molecule is C[C@]12CCC(=O)C3(CCCC3)C1=CC[C@@H]1[C@@H]2CC[C@@]2(C)[C@H]1CCC21OCCO1. The number of ketones is 1. The van der Waals surface area contributed by atoms with Crippen LogP contribution in [-0.2, 0) is 14.3 Å². The minimum atomic E-state index is -0.303. The highest BCUT2D eigenvalue weighted by Crippen LogP contribution is 2.70. The van der Waals surface area contributed by atoms with E-state index in [9.17, 15) is 4.79 Å².